The standard InChI is InChI=1S/C22H32N4O3/c1-24-17-22(10-15-29-16-11-22)26(21(24)28)19-8-13-25(14-9-19)20(27)23-12-7-18-5-3-2-4-6-18/h2-6,19H,7-17H2,1H3,(H,23,27). The van der Waals surface area contributed by atoms with Crippen LogP contribution >= 0.6 is 0 Å². The fourth-order valence-electron chi connectivity index (χ4n) is 5.06. The predicted octanol–water partition coefficient (Wildman–Crippen LogP) is 2.32. The number of piperidine rings is 1. The molecule has 4 amide bonds. The molecular formula is C22H32N4O3. The zero-order valence-corrected chi connectivity index (χ0v) is 17.3. The lowest BCUT2D eigenvalue weighted by atomic mass is 9.86. The minimum Gasteiger partial charge on any atom is -0.381 e. The van der Waals surface area contributed by atoms with Crippen molar-refractivity contribution < 1.29 is 14.3 Å². The van der Waals surface area contributed by atoms with E-state index in [-0.39, 0.29) is 23.6 Å². The third kappa shape index (κ3) is 4.20. The van der Waals surface area contributed by atoms with E-state index in [2.05, 4.69) is 22.3 Å². The monoisotopic (exact) mass is 400 g/mol. The van der Waals surface area contributed by atoms with Crippen molar-refractivity contribution in [1.82, 2.24) is 20.0 Å². The molecule has 0 saturated carbocycles. The average Bonchev–Trinajstić information content (AvgIpc) is 2.98. The van der Waals surface area contributed by atoms with Gasteiger partial charge >= 0.3 is 12.1 Å². The molecule has 3 fully saturated rings. The highest BCUT2D eigenvalue weighted by Crippen LogP contribution is 2.38. The molecule has 4 rings (SSSR count). The van der Waals surface area contributed by atoms with Crippen LogP contribution in [0.2, 0.25) is 0 Å². The van der Waals surface area contributed by atoms with Crippen LogP contribution in [0, 0.1) is 0 Å². The summed E-state index contributed by atoms with van der Waals surface area (Å²) in [5.74, 6) is 0. The molecule has 3 saturated heterocycles. The predicted molar refractivity (Wildman–Crippen MR) is 111 cm³/mol. The number of rotatable bonds is 4. The first-order valence-electron chi connectivity index (χ1n) is 10.8. The van der Waals surface area contributed by atoms with Crippen LogP contribution < -0.4 is 5.32 Å². The van der Waals surface area contributed by atoms with Gasteiger partial charge in [0.15, 0.2) is 0 Å². The van der Waals surface area contributed by atoms with Gasteiger partial charge in [0.1, 0.15) is 0 Å². The Balaban J connectivity index is 1.29. The highest BCUT2D eigenvalue weighted by molar-refractivity contribution is 5.78. The van der Waals surface area contributed by atoms with Gasteiger partial charge in [-0.15, -0.1) is 0 Å². The second-order valence-corrected chi connectivity index (χ2v) is 8.53. The molecule has 1 N–H and O–H groups in total. The molecule has 0 radical (unpaired) electrons. The molecule has 3 heterocycles. The molecule has 1 spiro atoms. The lowest BCUT2D eigenvalue weighted by Crippen LogP contribution is -2.58. The van der Waals surface area contributed by atoms with Crippen molar-refractivity contribution in [2.24, 2.45) is 0 Å². The number of ether oxygens (including phenoxy) is 1. The summed E-state index contributed by atoms with van der Waals surface area (Å²) in [6.07, 6.45) is 4.33. The van der Waals surface area contributed by atoms with Crippen LogP contribution in [0.25, 0.3) is 0 Å². The second kappa shape index (κ2) is 8.61. The van der Waals surface area contributed by atoms with Gasteiger partial charge in [0.2, 0.25) is 0 Å². The normalized spacial score (nSPS) is 22.4. The molecule has 29 heavy (non-hydrogen) atoms. The Hall–Kier alpha value is -2.28. The van der Waals surface area contributed by atoms with Crippen LogP contribution in [0.3, 0.4) is 0 Å². The summed E-state index contributed by atoms with van der Waals surface area (Å²) in [6, 6.07) is 10.5. The van der Waals surface area contributed by atoms with E-state index >= 15 is 0 Å². The summed E-state index contributed by atoms with van der Waals surface area (Å²) in [5, 5.41) is 3.04. The van der Waals surface area contributed by atoms with Crippen molar-refractivity contribution in [2.45, 2.75) is 43.7 Å². The minimum absolute atomic E-state index is 0.00465. The molecule has 0 bridgehead atoms. The zero-order chi connectivity index (χ0) is 20.3. The van der Waals surface area contributed by atoms with E-state index in [1.165, 1.54) is 5.56 Å². The van der Waals surface area contributed by atoms with Crippen molar-refractivity contribution in [1.29, 1.82) is 0 Å². The quantitative estimate of drug-likeness (QED) is 0.844. The lowest BCUT2D eigenvalue weighted by Gasteiger charge is -2.46. The number of nitrogens with zero attached hydrogens (tertiary/aromatic N) is 3. The number of likely N-dealkylation sites (tertiary alicyclic amines) is 1. The van der Waals surface area contributed by atoms with Gasteiger partial charge in [0.25, 0.3) is 0 Å². The summed E-state index contributed by atoms with van der Waals surface area (Å²) in [7, 11) is 1.90. The highest BCUT2D eigenvalue weighted by Gasteiger charge is 2.52. The van der Waals surface area contributed by atoms with Gasteiger partial charge in [-0.3, -0.25) is 0 Å². The summed E-state index contributed by atoms with van der Waals surface area (Å²) in [5.41, 5.74) is 1.14. The van der Waals surface area contributed by atoms with Crippen molar-refractivity contribution in [2.75, 3.05) is 46.4 Å². The Labute approximate surface area is 173 Å². The van der Waals surface area contributed by atoms with E-state index in [1.807, 2.05) is 35.0 Å². The maximum Gasteiger partial charge on any atom is 0.320 e. The zero-order valence-electron chi connectivity index (χ0n) is 17.3. The molecule has 7 heteroatoms. The number of carbonyl (C=O) groups excluding carboxylic acids is 2. The van der Waals surface area contributed by atoms with E-state index < -0.39 is 0 Å². The second-order valence-electron chi connectivity index (χ2n) is 8.53. The minimum atomic E-state index is -0.0884. The van der Waals surface area contributed by atoms with Crippen LogP contribution in [-0.2, 0) is 11.2 Å². The fraction of sp³-hybridized carbons (Fsp3) is 0.636. The van der Waals surface area contributed by atoms with Gasteiger partial charge in [-0.05, 0) is 37.7 Å². The Morgan fingerprint density at radius 3 is 2.55 bits per heavy atom. The third-order valence-electron chi connectivity index (χ3n) is 6.65. The van der Waals surface area contributed by atoms with Gasteiger partial charge in [-0.25, -0.2) is 9.59 Å². The van der Waals surface area contributed by atoms with Gasteiger partial charge in [-0.2, -0.15) is 0 Å². The molecule has 1 aromatic rings. The number of hydrogen-bond acceptors (Lipinski definition) is 3. The first-order valence-corrected chi connectivity index (χ1v) is 10.8. The Kier molecular flexibility index (Phi) is 5.94. The Morgan fingerprint density at radius 1 is 1.17 bits per heavy atom. The van der Waals surface area contributed by atoms with E-state index in [0.29, 0.717) is 19.6 Å². The molecule has 0 aromatic heterocycles. The van der Waals surface area contributed by atoms with Gasteiger partial charge in [0.05, 0.1) is 5.54 Å². The third-order valence-corrected chi connectivity index (χ3v) is 6.65. The Morgan fingerprint density at radius 2 is 1.86 bits per heavy atom. The van der Waals surface area contributed by atoms with Gasteiger partial charge < -0.3 is 24.8 Å². The van der Waals surface area contributed by atoms with Crippen LogP contribution in [0.15, 0.2) is 30.3 Å². The van der Waals surface area contributed by atoms with Crippen molar-refractivity contribution in [3.63, 3.8) is 0 Å². The number of likely N-dealkylation sites (N-methyl/N-ethyl adjacent to an activating group) is 1. The molecule has 7 nitrogen and oxygen atoms in total. The molecule has 1 aromatic carbocycles. The molecule has 0 unspecified atom stereocenters. The summed E-state index contributed by atoms with van der Waals surface area (Å²) in [4.78, 5) is 31.3. The highest BCUT2D eigenvalue weighted by atomic mass is 16.5. The van der Waals surface area contributed by atoms with Crippen LogP contribution in [0.4, 0.5) is 9.59 Å². The maximum atomic E-state index is 12.9. The number of nitrogens with one attached hydrogen (secondary N) is 1. The van der Waals surface area contributed by atoms with Gasteiger partial charge in [0, 0.05) is 52.5 Å². The largest absolute Gasteiger partial charge is 0.381 e. The van der Waals surface area contributed by atoms with Crippen molar-refractivity contribution in [3.05, 3.63) is 35.9 Å². The number of carbonyl (C=O) groups is 2. The number of urea groups is 2. The van der Waals surface area contributed by atoms with Crippen LogP contribution in [0.1, 0.15) is 31.2 Å². The SMILES string of the molecule is CN1CC2(CCOCC2)N(C2CCN(C(=O)NCCc3ccccc3)CC2)C1=O. The summed E-state index contributed by atoms with van der Waals surface area (Å²) < 4.78 is 5.56. The first kappa shape index (κ1) is 20.0. The van der Waals surface area contributed by atoms with Crippen LogP contribution in [0.5, 0.6) is 0 Å². The number of amides is 4. The molecule has 0 atom stereocenters. The van der Waals surface area contributed by atoms with Gasteiger partial charge in [-0.1, -0.05) is 30.3 Å². The van der Waals surface area contributed by atoms with E-state index in [1.54, 1.807) is 0 Å². The molecule has 3 aliphatic heterocycles. The average molecular weight is 401 g/mol. The fourth-order valence-corrected chi connectivity index (χ4v) is 5.06. The van der Waals surface area contributed by atoms with Crippen molar-refractivity contribution in [3.8, 4) is 0 Å². The lowest BCUT2D eigenvalue weighted by molar-refractivity contribution is -0.0141. The molecule has 0 aliphatic carbocycles. The summed E-state index contributed by atoms with van der Waals surface area (Å²) >= 11 is 0. The first-order chi connectivity index (χ1) is 14.1. The maximum absolute atomic E-state index is 12.9. The van der Waals surface area contributed by atoms with E-state index in [0.717, 1.165) is 51.9 Å². The number of benzene rings is 1. The molecule has 158 valence electrons. The van der Waals surface area contributed by atoms with Crippen LogP contribution in [-0.4, -0.2) is 84.8 Å². The smallest absolute Gasteiger partial charge is 0.320 e. The topological polar surface area (TPSA) is 65.1 Å². The van der Waals surface area contributed by atoms with Crippen molar-refractivity contribution >= 4 is 12.1 Å². The van der Waals surface area contributed by atoms with E-state index in [4.69, 9.17) is 4.74 Å². The molecular weight excluding hydrogens is 368 g/mol. The van der Waals surface area contributed by atoms with E-state index in [9.17, 15) is 9.59 Å². The molecule has 3 aliphatic rings. The Bertz CT molecular complexity index is 712. The number of hydrogen-bond donors (Lipinski definition) is 1. The summed E-state index contributed by atoms with van der Waals surface area (Å²) in [6.45, 7) is 4.26.